The SMILES string of the molecule is CC/C=C\C/C=C\C/C=C\C/C=C\CCCCC(=O)OC(COC(=O)CCCCCCC/C=C\CCCC)COC(=O)CCCCCCC/C=C\CCCC. The molecule has 0 aliphatic rings. The van der Waals surface area contributed by atoms with E-state index in [2.05, 4.69) is 93.7 Å². The first-order valence-electron chi connectivity index (χ1n) is 22.4. The number of hydrogen-bond acceptors (Lipinski definition) is 6. The van der Waals surface area contributed by atoms with E-state index in [1.165, 1.54) is 51.4 Å². The smallest absolute Gasteiger partial charge is 0.306 e. The first-order chi connectivity index (χ1) is 27.0. The molecule has 0 aliphatic heterocycles. The number of carbonyl (C=O) groups excluding carboxylic acids is 3. The number of carbonyl (C=O) groups is 3. The van der Waals surface area contributed by atoms with E-state index in [9.17, 15) is 14.4 Å². The molecule has 0 unspecified atom stereocenters. The lowest BCUT2D eigenvalue weighted by Gasteiger charge is -2.18. The minimum absolute atomic E-state index is 0.100. The van der Waals surface area contributed by atoms with Gasteiger partial charge in [0.15, 0.2) is 6.10 Å². The van der Waals surface area contributed by atoms with Crippen molar-refractivity contribution >= 4 is 17.9 Å². The summed E-state index contributed by atoms with van der Waals surface area (Å²) >= 11 is 0. The van der Waals surface area contributed by atoms with Gasteiger partial charge in [-0.3, -0.25) is 14.4 Å². The summed E-state index contributed by atoms with van der Waals surface area (Å²) in [5, 5.41) is 0. The molecular weight excluding hydrogens is 685 g/mol. The maximum absolute atomic E-state index is 12.7. The number of allylic oxidation sites excluding steroid dienone is 12. The van der Waals surface area contributed by atoms with Gasteiger partial charge in [-0.2, -0.15) is 0 Å². The summed E-state index contributed by atoms with van der Waals surface area (Å²) in [4.78, 5) is 37.7. The van der Waals surface area contributed by atoms with Gasteiger partial charge in [-0.05, 0) is 96.3 Å². The van der Waals surface area contributed by atoms with Gasteiger partial charge in [0.25, 0.3) is 0 Å². The van der Waals surface area contributed by atoms with Crippen LogP contribution in [0.4, 0.5) is 0 Å². The van der Waals surface area contributed by atoms with E-state index < -0.39 is 6.10 Å². The zero-order chi connectivity index (χ0) is 40.1. The maximum atomic E-state index is 12.7. The van der Waals surface area contributed by atoms with Gasteiger partial charge in [0.1, 0.15) is 13.2 Å². The van der Waals surface area contributed by atoms with Crippen LogP contribution in [0.1, 0.15) is 201 Å². The molecule has 0 aromatic heterocycles. The van der Waals surface area contributed by atoms with Crippen LogP contribution in [-0.4, -0.2) is 37.2 Å². The van der Waals surface area contributed by atoms with Gasteiger partial charge in [-0.15, -0.1) is 0 Å². The molecule has 0 heterocycles. The summed E-state index contributed by atoms with van der Waals surface area (Å²) in [5.41, 5.74) is 0. The third-order valence-corrected chi connectivity index (χ3v) is 9.16. The zero-order valence-corrected chi connectivity index (χ0v) is 35.7. The summed E-state index contributed by atoms with van der Waals surface area (Å²) in [6.45, 7) is 6.37. The van der Waals surface area contributed by atoms with Crippen LogP contribution in [0, 0.1) is 0 Å². The molecule has 0 aromatic carbocycles. The topological polar surface area (TPSA) is 78.9 Å². The second-order valence-corrected chi connectivity index (χ2v) is 14.6. The van der Waals surface area contributed by atoms with Crippen LogP contribution in [0.15, 0.2) is 72.9 Å². The molecule has 0 radical (unpaired) electrons. The van der Waals surface area contributed by atoms with E-state index in [4.69, 9.17) is 14.2 Å². The lowest BCUT2D eigenvalue weighted by molar-refractivity contribution is -0.167. The van der Waals surface area contributed by atoms with Crippen LogP contribution in [0.25, 0.3) is 0 Å². The first kappa shape index (κ1) is 51.9. The average molecular weight is 767 g/mol. The van der Waals surface area contributed by atoms with Crippen LogP contribution >= 0.6 is 0 Å². The Kier molecular flexibility index (Phi) is 41.1. The van der Waals surface area contributed by atoms with Crippen LogP contribution in [0.5, 0.6) is 0 Å². The third-order valence-electron chi connectivity index (χ3n) is 9.16. The molecule has 0 saturated heterocycles. The van der Waals surface area contributed by atoms with Crippen molar-refractivity contribution < 1.29 is 28.6 Å². The monoisotopic (exact) mass is 767 g/mol. The van der Waals surface area contributed by atoms with Gasteiger partial charge in [0.2, 0.25) is 0 Å². The van der Waals surface area contributed by atoms with E-state index in [1.54, 1.807) is 0 Å². The Labute approximate surface area is 338 Å². The normalized spacial score (nSPS) is 12.2. The van der Waals surface area contributed by atoms with Crippen molar-refractivity contribution in [1.29, 1.82) is 0 Å². The van der Waals surface area contributed by atoms with E-state index in [-0.39, 0.29) is 37.5 Å². The van der Waals surface area contributed by atoms with Gasteiger partial charge < -0.3 is 14.2 Å². The van der Waals surface area contributed by atoms with Crippen LogP contribution < -0.4 is 0 Å². The maximum Gasteiger partial charge on any atom is 0.306 e. The predicted molar refractivity (Wildman–Crippen MR) is 233 cm³/mol. The van der Waals surface area contributed by atoms with E-state index in [1.807, 2.05) is 0 Å². The number of unbranched alkanes of at least 4 members (excludes halogenated alkanes) is 16. The predicted octanol–water partition coefficient (Wildman–Crippen LogP) is 14.3. The number of esters is 3. The molecule has 6 nitrogen and oxygen atoms in total. The lowest BCUT2D eigenvalue weighted by Crippen LogP contribution is -2.30. The highest BCUT2D eigenvalue weighted by Gasteiger charge is 2.19. The van der Waals surface area contributed by atoms with Crippen molar-refractivity contribution in [3.05, 3.63) is 72.9 Å². The fraction of sp³-hybridized carbons (Fsp3) is 0.694. The fourth-order valence-corrected chi connectivity index (χ4v) is 5.75. The Morgan fingerprint density at radius 1 is 0.382 bits per heavy atom. The highest BCUT2D eigenvalue weighted by Crippen LogP contribution is 2.12. The molecule has 55 heavy (non-hydrogen) atoms. The van der Waals surface area contributed by atoms with Crippen LogP contribution in [0.2, 0.25) is 0 Å². The molecule has 0 fully saturated rings. The molecule has 0 rings (SSSR count). The largest absolute Gasteiger partial charge is 0.462 e. The highest BCUT2D eigenvalue weighted by molar-refractivity contribution is 5.71. The van der Waals surface area contributed by atoms with E-state index in [0.29, 0.717) is 19.3 Å². The quantitative estimate of drug-likeness (QED) is 0.0268. The Hall–Kier alpha value is -3.15. The van der Waals surface area contributed by atoms with Crippen molar-refractivity contribution in [3.8, 4) is 0 Å². The number of ether oxygens (including phenoxy) is 3. The second-order valence-electron chi connectivity index (χ2n) is 14.6. The highest BCUT2D eigenvalue weighted by atomic mass is 16.6. The summed E-state index contributed by atoms with van der Waals surface area (Å²) in [6, 6.07) is 0. The lowest BCUT2D eigenvalue weighted by atomic mass is 10.1. The Morgan fingerprint density at radius 3 is 1.16 bits per heavy atom. The van der Waals surface area contributed by atoms with Gasteiger partial charge in [0.05, 0.1) is 0 Å². The molecule has 0 amide bonds. The zero-order valence-electron chi connectivity index (χ0n) is 35.7. The van der Waals surface area contributed by atoms with Gasteiger partial charge in [0, 0.05) is 19.3 Å². The molecular formula is C49H82O6. The van der Waals surface area contributed by atoms with Crippen molar-refractivity contribution in [3.63, 3.8) is 0 Å². The number of hydrogen-bond donors (Lipinski definition) is 0. The van der Waals surface area contributed by atoms with Gasteiger partial charge in [-0.1, -0.05) is 158 Å². The summed E-state index contributed by atoms with van der Waals surface area (Å²) in [6.07, 6.45) is 53.1. The average Bonchev–Trinajstić information content (AvgIpc) is 3.18. The minimum Gasteiger partial charge on any atom is -0.462 e. The van der Waals surface area contributed by atoms with Crippen molar-refractivity contribution in [2.45, 2.75) is 207 Å². The first-order valence-corrected chi connectivity index (χ1v) is 22.4. The van der Waals surface area contributed by atoms with E-state index >= 15 is 0 Å². The van der Waals surface area contributed by atoms with Gasteiger partial charge in [-0.25, -0.2) is 0 Å². The molecule has 0 bridgehead atoms. The minimum atomic E-state index is -0.800. The molecule has 0 aromatic rings. The fourth-order valence-electron chi connectivity index (χ4n) is 5.75. The van der Waals surface area contributed by atoms with Crippen LogP contribution in [-0.2, 0) is 28.6 Å². The standard InChI is InChI=1S/C49H82O6/c1-4-7-10-13-16-19-22-23-24-25-28-31-34-37-40-43-49(52)55-46(44-53-47(50)41-38-35-32-29-26-20-17-14-11-8-5-2)45-54-48(51)42-39-36-33-30-27-21-18-15-12-9-6-3/h7,10,14-19,23-24,28,31,46H,4-6,8-9,11-13,20-22,25-27,29-30,32-45H2,1-3H3/b10-7-,17-14-,18-15-,19-16-,24-23-,31-28-. The van der Waals surface area contributed by atoms with Crippen molar-refractivity contribution in [1.82, 2.24) is 0 Å². The van der Waals surface area contributed by atoms with Crippen molar-refractivity contribution in [2.75, 3.05) is 13.2 Å². The molecule has 0 saturated carbocycles. The summed E-state index contributed by atoms with van der Waals surface area (Å²) in [5.74, 6) is -0.969. The molecule has 0 aliphatic carbocycles. The number of rotatable bonds is 39. The Bertz CT molecular complexity index is 1020. The Morgan fingerprint density at radius 2 is 0.709 bits per heavy atom. The molecule has 0 atom stereocenters. The molecule has 0 N–H and O–H groups in total. The third kappa shape index (κ3) is 41.8. The van der Waals surface area contributed by atoms with Gasteiger partial charge >= 0.3 is 17.9 Å². The summed E-state index contributed by atoms with van der Waals surface area (Å²) in [7, 11) is 0. The van der Waals surface area contributed by atoms with Crippen LogP contribution in [0.3, 0.4) is 0 Å². The Balaban J connectivity index is 4.49. The van der Waals surface area contributed by atoms with E-state index in [0.717, 1.165) is 103 Å². The molecule has 6 heteroatoms. The molecule has 0 spiro atoms. The van der Waals surface area contributed by atoms with Crippen molar-refractivity contribution in [2.24, 2.45) is 0 Å². The summed E-state index contributed by atoms with van der Waals surface area (Å²) < 4.78 is 16.6. The molecule has 314 valence electrons. The second kappa shape index (κ2) is 43.6.